The molecule has 0 bridgehead atoms. The van der Waals surface area contributed by atoms with Crippen LogP contribution < -0.4 is 15.0 Å². The molecule has 2 rings (SSSR count). The monoisotopic (exact) mass is 234 g/mol. The summed E-state index contributed by atoms with van der Waals surface area (Å²) in [5, 5.41) is 3.22. The highest BCUT2D eigenvalue weighted by molar-refractivity contribution is 5.93. The van der Waals surface area contributed by atoms with Crippen LogP contribution in [-0.4, -0.2) is 32.1 Å². The van der Waals surface area contributed by atoms with Crippen LogP contribution in [0.15, 0.2) is 24.3 Å². The summed E-state index contributed by atoms with van der Waals surface area (Å²) in [6.07, 6.45) is 0.563. The maximum Gasteiger partial charge on any atom is 0.228 e. The Labute approximate surface area is 102 Å². The molecule has 1 aromatic carbocycles. The van der Waals surface area contributed by atoms with Crippen molar-refractivity contribution in [3.8, 4) is 5.75 Å². The van der Waals surface area contributed by atoms with Crippen molar-refractivity contribution in [2.75, 3.05) is 31.1 Å². The van der Waals surface area contributed by atoms with Crippen molar-refractivity contribution >= 4 is 11.6 Å². The highest BCUT2D eigenvalue weighted by Crippen LogP contribution is 2.20. The van der Waals surface area contributed by atoms with Gasteiger partial charge in [-0.3, -0.25) is 4.79 Å². The first-order valence-electron chi connectivity index (χ1n) is 6.05. The maximum atomic E-state index is 11.9. The summed E-state index contributed by atoms with van der Waals surface area (Å²) in [5.41, 5.74) is 0.946. The molecular weight excluding hydrogens is 216 g/mol. The van der Waals surface area contributed by atoms with Gasteiger partial charge in [-0.15, -0.1) is 0 Å². The molecule has 1 amide bonds. The molecule has 0 aliphatic carbocycles. The van der Waals surface area contributed by atoms with Gasteiger partial charge in [0.25, 0.3) is 0 Å². The molecule has 17 heavy (non-hydrogen) atoms. The van der Waals surface area contributed by atoms with Crippen LogP contribution in [0, 0.1) is 0 Å². The molecule has 0 aromatic heterocycles. The van der Waals surface area contributed by atoms with Crippen LogP contribution in [-0.2, 0) is 4.79 Å². The Morgan fingerprint density at radius 2 is 2.06 bits per heavy atom. The van der Waals surface area contributed by atoms with Gasteiger partial charge in [0.2, 0.25) is 5.91 Å². The number of nitrogens with zero attached hydrogens (tertiary/aromatic N) is 1. The molecule has 1 N–H and O–H groups in total. The van der Waals surface area contributed by atoms with E-state index in [-0.39, 0.29) is 5.91 Å². The topological polar surface area (TPSA) is 41.6 Å². The quantitative estimate of drug-likeness (QED) is 0.859. The molecule has 0 atom stereocenters. The van der Waals surface area contributed by atoms with E-state index in [9.17, 15) is 4.79 Å². The summed E-state index contributed by atoms with van der Waals surface area (Å²) in [5.74, 6) is 1.02. The summed E-state index contributed by atoms with van der Waals surface area (Å²) >= 11 is 0. The van der Waals surface area contributed by atoms with Crippen LogP contribution in [0.5, 0.6) is 5.75 Å². The van der Waals surface area contributed by atoms with Crippen LogP contribution in [0.2, 0.25) is 0 Å². The SMILES string of the molecule is CCOc1ccc(N2CCNCCC2=O)cc1. The van der Waals surface area contributed by atoms with E-state index in [0.717, 1.165) is 31.1 Å². The molecule has 0 unspecified atom stereocenters. The number of benzene rings is 1. The Morgan fingerprint density at radius 1 is 1.29 bits per heavy atom. The van der Waals surface area contributed by atoms with Crippen LogP contribution in [0.1, 0.15) is 13.3 Å². The van der Waals surface area contributed by atoms with Gasteiger partial charge in [0, 0.05) is 31.7 Å². The van der Waals surface area contributed by atoms with Gasteiger partial charge in [-0.25, -0.2) is 0 Å². The first-order chi connectivity index (χ1) is 8.31. The van der Waals surface area contributed by atoms with Crippen molar-refractivity contribution < 1.29 is 9.53 Å². The molecule has 1 heterocycles. The normalized spacial score (nSPS) is 16.8. The van der Waals surface area contributed by atoms with Crippen molar-refractivity contribution in [2.24, 2.45) is 0 Å². The Bertz CT molecular complexity index is 376. The van der Waals surface area contributed by atoms with E-state index < -0.39 is 0 Å². The molecule has 1 aliphatic rings. The fourth-order valence-corrected chi connectivity index (χ4v) is 1.93. The largest absolute Gasteiger partial charge is 0.494 e. The molecule has 92 valence electrons. The Hall–Kier alpha value is -1.55. The molecule has 0 saturated carbocycles. The van der Waals surface area contributed by atoms with Gasteiger partial charge < -0.3 is 15.0 Å². The second-order valence-corrected chi connectivity index (χ2v) is 3.97. The molecule has 4 heteroatoms. The number of carbonyl (C=O) groups is 1. The Kier molecular flexibility index (Phi) is 3.98. The van der Waals surface area contributed by atoms with Crippen molar-refractivity contribution in [1.82, 2.24) is 5.32 Å². The van der Waals surface area contributed by atoms with E-state index in [0.29, 0.717) is 13.0 Å². The Morgan fingerprint density at radius 3 is 2.76 bits per heavy atom. The van der Waals surface area contributed by atoms with E-state index in [1.165, 1.54) is 0 Å². The van der Waals surface area contributed by atoms with E-state index in [2.05, 4.69) is 5.32 Å². The maximum absolute atomic E-state index is 11.9. The molecular formula is C13H18N2O2. The molecule has 0 spiro atoms. The molecule has 4 nitrogen and oxygen atoms in total. The third kappa shape index (κ3) is 2.97. The van der Waals surface area contributed by atoms with Gasteiger partial charge >= 0.3 is 0 Å². The third-order valence-electron chi connectivity index (χ3n) is 2.79. The number of amides is 1. The Balaban J connectivity index is 2.12. The van der Waals surface area contributed by atoms with Gasteiger partial charge in [0.15, 0.2) is 0 Å². The molecule has 1 aliphatic heterocycles. The fourth-order valence-electron chi connectivity index (χ4n) is 1.93. The lowest BCUT2D eigenvalue weighted by Gasteiger charge is -2.20. The van der Waals surface area contributed by atoms with Gasteiger partial charge in [-0.2, -0.15) is 0 Å². The molecule has 0 radical (unpaired) electrons. The highest BCUT2D eigenvalue weighted by atomic mass is 16.5. The molecule has 1 fully saturated rings. The zero-order valence-electron chi connectivity index (χ0n) is 10.1. The second-order valence-electron chi connectivity index (χ2n) is 3.97. The number of anilines is 1. The summed E-state index contributed by atoms with van der Waals surface area (Å²) < 4.78 is 5.38. The minimum Gasteiger partial charge on any atom is -0.494 e. The fraction of sp³-hybridized carbons (Fsp3) is 0.462. The van der Waals surface area contributed by atoms with E-state index in [1.54, 1.807) is 0 Å². The first kappa shape index (κ1) is 11.9. The number of carbonyl (C=O) groups excluding carboxylic acids is 1. The summed E-state index contributed by atoms with van der Waals surface area (Å²) in [7, 11) is 0. The third-order valence-corrected chi connectivity index (χ3v) is 2.79. The van der Waals surface area contributed by atoms with Crippen molar-refractivity contribution in [2.45, 2.75) is 13.3 Å². The van der Waals surface area contributed by atoms with Gasteiger partial charge in [0.05, 0.1) is 6.61 Å². The highest BCUT2D eigenvalue weighted by Gasteiger charge is 2.17. The van der Waals surface area contributed by atoms with Crippen molar-refractivity contribution in [1.29, 1.82) is 0 Å². The predicted molar refractivity (Wildman–Crippen MR) is 67.5 cm³/mol. The summed E-state index contributed by atoms with van der Waals surface area (Å²) in [6, 6.07) is 7.69. The van der Waals surface area contributed by atoms with Gasteiger partial charge in [0.1, 0.15) is 5.75 Å². The van der Waals surface area contributed by atoms with Gasteiger partial charge in [-0.1, -0.05) is 0 Å². The zero-order valence-corrected chi connectivity index (χ0v) is 10.1. The van der Waals surface area contributed by atoms with E-state index in [4.69, 9.17) is 4.74 Å². The average Bonchev–Trinajstić information content (AvgIpc) is 2.56. The number of nitrogens with one attached hydrogen (secondary N) is 1. The molecule has 1 aromatic rings. The lowest BCUT2D eigenvalue weighted by atomic mass is 10.2. The lowest BCUT2D eigenvalue weighted by Crippen LogP contribution is -2.32. The lowest BCUT2D eigenvalue weighted by molar-refractivity contribution is -0.118. The van der Waals surface area contributed by atoms with Crippen LogP contribution in [0.3, 0.4) is 0 Å². The number of hydrogen-bond acceptors (Lipinski definition) is 3. The predicted octanol–water partition coefficient (Wildman–Crippen LogP) is 1.41. The number of rotatable bonds is 3. The summed E-state index contributed by atoms with van der Waals surface area (Å²) in [4.78, 5) is 13.7. The minimum absolute atomic E-state index is 0.180. The van der Waals surface area contributed by atoms with Crippen LogP contribution >= 0.6 is 0 Å². The zero-order chi connectivity index (χ0) is 12.1. The standard InChI is InChI=1S/C13H18N2O2/c1-2-17-12-5-3-11(4-6-12)15-10-9-14-8-7-13(15)16/h3-6,14H,2,7-10H2,1H3. The van der Waals surface area contributed by atoms with Gasteiger partial charge in [-0.05, 0) is 31.2 Å². The smallest absolute Gasteiger partial charge is 0.228 e. The average molecular weight is 234 g/mol. The first-order valence-corrected chi connectivity index (χ1v) is 6.05. The van der Waals surface area contributed by atoms with Crippen molar-refractivity contribution in [3.63, 3.8) is 0 Å². The van der Waals surface area contributed by atoms with E-state index in [1.807, 2.05) is 36.1 Å². The van der Waals surface area contributed by atoms with Crippen LogP contribution in [0.25, 0.3) is 0 Å². The summed E-state index contributed by atoms with van der Waals surface area (Å²) in [6.45, 7) is 4.96. The second kappa shape index (κ2) is 5.68. The number of hydrogen-bond donors (Lipinski definition) is 1. The number of ether oxygens (including phenoxy) is 1. The van der Waals surface area contributed by atoms with E-state index >= 15 is 0 Å². The van der Waals surface area contributed by atoms with Crippen LogP contribution in [0.4, 0.5) is 5.69 Å². The molecule has 1 saturated heterocycles. The van der Waals surface area contributed by atoms with Crippen molar-refractivity contribution in [3.05, 3.63) is 24.3 Å². The minimum atomic E-state index is 0.180.